The van der Waals surface area contributed by atoms with Crippen molar-refractivity contribution in [3.8, 4) is 16.9 Å². The van der Waals surface area contributed by atoms with Crippen molar-refractivity contribution in [2.75, 3.05) is 18.4 Å². The first-order valence-electron chi connectivity index (χ1n) is 12.7. The topological polar surface area (TPSA) is 113 Å². The number of phenols is 1. The number of halogens is 1. The van der Waals surface area contributed by atoms with Crippen LogP contribution in [0.4, 0.5) is 5.69 Å². The largest absolute Gasteiger partial charge is 0.506 e. The van der Waals surface area contributed by atoms with Gasteiger partial charge in [0, 0.05) is 30.3 Å². The van der Waals surface area contributed by atoms with Crippen LogP contribution in [-0.4, -0.2) is 40.7 Å². The van der Waals surface area contributed by atoms with Crippen LogP contribution in [0.5, 0.6) is 5.75 Å². The Hall–Kier alpha value is -3.68. The molecule has 4 rings (SSSR count). The number of carbonyl (C=O) groups excluding carboxylic acids is 3. The lowest BCUT2D eigenvalue weighted by Gasteiger charge is -2.22. The average molecular weight is 536 g/mol. The Kier molecular flexibility index (Phi) is 10.4. The molecule has 38 heavy (non-hydrogen) atoms. The third kappa shape index (κ3) is 8.16. The minimum absolute atomic E-state index is 0.0147. The summed E-state index contributed by atoms with van der Waals surface area (Å²) in [6.07, 6.45) is 2.92. The van der Waals surface area contributed by atoms with E-state index in [4.69, 9.17) is 17.3 Å². The van der Waals surface area contributed by atoms with Crippen LogP contribution in [0.3, 0.4) is 0 Å². The molecule has 1 aliphatic heterocycles. The Morgan fingerprint density at radius 3 is 2.42 bits per heavy atom. The fourth-order valence-corrected chi connectivity index (χ4v) is 4.37. The average Bonchev–Trinajstić information content (AvgIpc) is 3.06. The van der Waals surface area contributed by atoms with Gasteiger partial charge in [0.2, 0.25) is 11.8 Å². The first-order valence-corrected chi connectivity index (χ1v) is 13.0. The quantitative estimate of drug-likeness (QED) is 0.353. The number of benzene rings is 3. The smallest absolute Gasteiger partial charge is 0.243 e. The van der Waals surface area contributed by atoms with Crippen LogP contribution in [-0.2, 0) is 16.1 Å². The number of nitrogens with two attached hydrogens (primary N) is 1. The van der Waals surface area contributed by atoms with E-state index in [0.29, 0.717) is 23.7 Å². The second-order valence-corrected chi connectivity index (χ2v) is 9.82. The van der Waals surface area contributed by atoms with Crippen molar-refractivity contribution in [1.29, 1.82) is 0 Å². The van der Waals surface area contributed by atoms with Gasteiger partial charge >= 0.3 is 0 Å². The minimum Gasteiger partial charge on any atom is -0.506 e. The molecule has 200 valence electrons. The van der Waals surface area contributed by atoms with Crippen LogP contribution in [0.2, 0.25) is 5.02 Å². The molecule has 1 fully saturated rings. The molecule has 3 aromatic carbocycles. The molecule has 1 heterocycles. The zero-order chi connectivity index (χ0) is 27.7. The molecule has 1 unspecified atom stereocenters. The number of nitrogens with one attached hydrogen (secondary N) is 1. The molecule has 8 heteroatoms. The number of hydrogen-bond acceptors (Lipinski definition) is 5. The van der Waals surface area contributed by atoms with Crippen LogP contribution in [0.1, 0.15) is 49.0 Å². The van der Waals surface area contributed by atoms with Crippen LogP contribution in [0.25, 0.3) is 11.1 Å². The molecule has 3 aromatic rings. The molecule has 1 aliphatic rings. The standard InChI is InChI=1S/C16H23N3O2.C14H11ClO2/c1-12-5-2-3-8-19(16(12)21)11-15(20)18-14-7-4-6-13(9-14)10-17;1-9(16)10-2-4-11(5-3-10)12-6-7-14(17)13(15)8-12/h4,6-7,9,12H,2-3,5,8,10-11,17H2,1H3,(H,18,20);2-8,17H,1H3. The van der Waals surface area contributed by atoms with Gasteiger partial charge in [-0.3, -0.25) is 14.4 Å². The molecule has 4 N–H and O–H groups in total. The van der Waals surface area contributed by atoms with Gasteiger partial charge < -0.3 is 21.1 Å². The molecule has 0 radical (unpaired) electrons. The van der Waals surface area contributed by atoms with Gasteiger partial charge in [-0.15, -0.1) is 0 Å². The number of ketones is 1. The molecule has 0 spiro atoms. The molecule has 7 nitrogen and oxygen atoms in total. The maximum Gasteiger partial charge on any atom is 0.243 e. The van der Waals surface area contributed by atoms with Gasteiger partial charge in [-0.25, -0.2) is 0 Å². The molecular formula is C30H34ClN3O4. The van der Waals surface area contributed by atoms with Crippen molar-refractivity contribution < 1.29 is 19.5 Å². The van der Waals surface area contributed by atoms with Crippen LogP contribution >= 0.6 is 11.6 Å². The summed E-state index contributed by atoms with van der Waals surface area (Å²) >= 11 is 5.84. The van der Waals surface area contributed by atoms with Gasteiger partial charge in [-0.2, -0.15) is 0 Å². The maximum atomic E-state index is 12.2. The second-order valence-electron chi connectivity index (χ2n) is 9.41. The molecule has 0 bridgehead atoms. The first-order chi connectivity index (χ1) is 18.2. The van der Waals surface area contributed by atoms with E-state index < -0.39 is 0 Å². The third-order valence-corrected chi connectivity index (χ3v) is 6.70. The molecular weight excluding hydrogens is 502 g/mol. The van der Waals surface area contributed by atoms with E-state index >= 15 is 0 Å². The van der Waals surface area contributed by atoms with Crippen LogP contribution in [0, 0.1) is 5.92 Å². The maximum absolute atomic E-state index is 12.2. The summed E-state index contributed by atoms with van der Waals surface area (Å²) in [6.45, 7) is 4.69. The van der Waals surface area contributed by atoms with Gasteiger partial charge in [0.05, 0.1) is 11.6 Å². The summed E-state index contributed by atoms with van der Waals surface area (Å²) in [5, 5.41) is 12.5. The SMILES string of the molecule is CC(=O)c1ccc(-c2ccc(O)c(Cl)c2)cc1.CC1CCCCN(CC(=O)Nc2cccc(CN)c2)C1=O. The number of hydrogen-bond donors (Lipinski definition) is 3. The number of anilines is 1. The normalized spacial score (nSPS) is 15.2. The Morgan fingerprint density at radius 2 is 1.76 bits per heavy atom. The van der Waals surface area contributed by atoms with E-state index in [1.165, 1.54) is 6.92 Å². The summed E-state index contributed by atoms with van der Waals surface area (Å²) in [7, 11) is 0. The lowest BCUT2D eigenvalue weighted by molar-refractivity contribution is -0.137. The zero-order valence-electron chi connectivity index (χ0n) is 21.7. The number of rotatable bonds is 6. The van der Waals surface area contributed by atoms with Crippen molar-refractivity contribution in [2.45, 2.75) is 39.7 Å². The Morgan fingerprint density at radius 1 is 1.05 bits per heavy atom. The highest BCUT2D eigenvalue weighted by molar-refractivity contribution is 6.32. The van der Waals surface area contributed by atoms with Crippen molar-refractivity contribution in [3.63, 3.8) is 0 Å². The van der Waals surface area contributed by atoms with Crippen molar-refractivity contribution in [2.24, 2.45) is 11.7 Å². The molecule has 1 saturated heterocycles. The highest BCUT2D eigenvalue weighted by Gasteiger charge is 2.24. The summed E-state index contributed by atoms with van der Waals surface area (Å²) < 4.78 is 0. The van der Waals surface area contributed by atoms with E-state index in [1.54, 1.807) is 35.2 Å². The molecule has 2 amide bonds. The number of Topliss-reactive ketones (excluding diaryl/α,β-unsaturated/α-hetero) is 1. The van der Waals surface area contributed by atoms with Crippen molar-refractivity contribution in [3.05, 3.63) is 82.9 Å². The summed E-state index contributed by atoms with van der Waals surface area (Å²) in [5.41, 5.74) is 9.81. The minimum atomic E-state index is -0.161. The summed E-state index contributed by atoms with van der Waals surface area (Å²) in [6, 6.07) is 19.7. The Bertz CT molecular complexity index is 1280. The molecule has 0 aliphatic carbocycles. The number of aromatic hydroxyl groups is 1. The highest BCUT2D eigenvalue weighted by atomic mass is 35.5. The Labute approximate surface area is 228 Å². The predicted molar refractivity (Wildman–Crippen MR) is 151 cm³/mol. The van der Waals surface area contributed by atoms with Gasteiger partial charge in [-0.1, -0.05) is 67.4 Å². The number of nitrogens with zero attached hydrogens (tertiary/aromatic N) is 1. The predicted octanol–water partition coefficient (Wildman–Crippen LogP) is 5.65. The number of amides is 2. The van der Waals surface area contributed by atoms with E-state index in [0.717, 1.165) is 41.6 Å². The van der Waals surface area contributed by atoms with E-state index in [9.17, 15) is 19.5 Å². The highest BCUT2D eigenvalue weighted by Crippen LogP contribution is 2.29. The van der Waals surface area contributed by atoms with Crippen LogP contribution in [0.15, 0.2) is 66.7 Å². The Balaban J connectivity index is 0.000000215. The third-order valence-electron chi connectivity index (χ3n) is 6.40. The number of phenolic OH excluding ortho intramolecular Hbond substituents is 1. The number of likely N-dealkylation sites (tertiary alicyclic amines) is 1. The molecule has 1 atom stereocenters. The van der Waals surface area contributed by atoms with Gasteiger partial charge in [0.15, 0.2) is 5.78 Å². The summed E-state index contributed by atoms with van der Waals surface area (Å²) in [4.78, 5) is 37.1. The monoisotopic (exact) mass is 535 g/mol. The molecule has 0 saturated carbocycles. The molecule has 0 aromatic heterocycles. The van der Waals surface area contributed by atoms with E-state index in [-0.39, 0.29) is 35.8 Å². The van der Waals surface area contributed by atoms with Gasteiger partial charge in [0.25, 0.3) is 0 Å². The van der Waals surface area contributed by atoms with Crippen LogP contribution < -0.4 is 11.1 Å². The second kappa shape index (κ2) is 13.7. The zero-order valence-corrected chi connectivity index (χ0v) is 22.5. The number of carbonyl (C=O) groups is 3. The van der Waals surface area contributed by atoms with Gasteiger partial charge in [-0.05, 0) is 60.7 Å². The lowest BCUT2D eigenvalue weighted by Crippen LogP contribution is -2.40. The fourth-order valence-electron chi connectivity index (χ4n) is 4.19. The first kappa shape index (κ1) is 28.9. The van der Waals surface area contributed by atoms with Crippen molar-refractivity contribution in [1.82, 2.24) is 4.90 Å². The lowest BCUT2D eigenvalue weighted by atomic mass is 10.0. The van der Waals surface area contributed by atoms with E-state index in [2.05, 4.69) is 5.32 Å². The fraction of sp³-hybridized carbons (Fsp3) is 0.300. The summed E-state index contributed by atoms with van der Waals surface area (Å²) in [5.74, 6) is 0.0434. The van der Waals surface area contributed by atoms with E-state index in [1.807, 2.05) is 43.3 Å². The van der Waals surface area contributed by atoms with Crippen molar-refractivity contribution >= 4 is 34.9 Å². The van der Waals surface area contributed by atoms with Gasteiger partial charge in [0.1, 0.15) is 5.75 Å².